The molecule has 6 nitrogen and oxygen atoms in total. The lowest BCUT2D eigenvalue weighted by molar-refractivity contribution is -0.117. The Balaban J connectivity index is 1.51. The summed E-state index contributed by atoms with van der Waals surface area (Å²) in [5, 5.41) is 5.51. The number of carbonyl (C=O) groups excluding carboxylic acids is 2. The molecule has 0 saturated heterocycles. The van der Waals surface area contributed by atoms with E-state index >= 15 is 0 Å². The normalized spacial score (nSPS) is 18.0. The molecule has 0 spiro atoms. The number of methoxy groups -OCH3 is 1. The third-order valence-corrected chi connectivity index (χ3v) is 7.60. The van der Waals surface area contributed by atoms with Gasteiger partial charge < -0.3 is 15.4 Å². The summed E-state index contributed by atoms with van der Waals surface area (Å²) in [5.41, 5.74) is 1.38. The minimum absolute atomic E-state index is 0.0931. The largest absolute Gasteiger partial charge is 0.481 e. The van der Waals surface area contributed by atoms with Gasteiger partial charge in [-0.1, -0.05) is 29.3 Å². The van der Waals surface area contributed by atoms with Gasteiger partial charge in [-0.05, 0) is 51.8 Å². The number of alkyl halides is 2. The SMILES string of the molecule is COc1cc(NC(=O)c2cc(NC(=O)[C@H]3[C@H](c4ccc(F)c(Cl)c4)C3(Cl)Cl)ccc2Cl)c(Br)cn1. The van der Waals surface area contributed by atoms with E-state index in [2.05, 4.69) is 31.5 Å². The first-order valence-corrected chi connectivity index (χ1v) is 12.3. The van der Waals surface area contributed by atoms with Crippen LogP contribution in [0.4, 0.5) is 15.8 Å². The number of anilines is 2. The third-order valence-electron chi connectivity index (χ3n) is 5.40. The van der Waals surface area contributed by atoms with Crippen molar-refractivity contribution in [3.05, 3.63) is 80.1 Å². The molecule has 2 atom stereocenters. The van der Waals surface area contributed by atoms with E-state index in [0.717, 1.165) is 0 Å². The monoisotopic (exact) mass is 619 g/mol. The zero-order valence-corrected chi connectivity index (χ0v) is 22.3. The molecule has 2 aromatic carbocycles. The summed E-state index contributed by atoms with van der Waals surface area (Å²) in [5.74, 6) is -2.68. The maximum Gasteiger partial charge on any atom is 0.257 e. The van der Waals surface area contributed by atoms with Crippen LogP contribution in [0.2, 0.25) is 10.0 Å². The number of aromatic nitrogens is 1. The van der Waals surface area contributed by atoms with Gasteiger partial charge in [-0.25, -0.2) is 9.37 Å². The molecule has 1 fully saturated rings. The fourth-order valence-electron chi connectivity index (χ4n) is 3.59. The molecule has 35 heavy (non-hydrogen) atoms. The Morgan fingerprint density at radius 1 is 1.09 bits per heavy atom. The predicted molar refractivity (Wildman–Crippen MR) is 139 cm³/mol. The standard InChI is InChI=1S/C23H15BrCl4FN3O3/c1-35-18-8-17(13(24)9-30-18)32-21(33)12-7-11(3-4-14(12)25)31-22(34)20-19(23(20,27)28)10-2-5-16(29)15(26)6-10/h2-9,19-20H,1H3,(H,31,34)(H,30,32,33)/t19-,20+/m0/s1. The van der Waals surface area contributed by atoms with Crippen LogP contribution in [-0.2, 0) is 4.79 Å². The van der Waals surface area contributed by atoms with E-state index in [-0.39, 0.29) is 15.6 Å². The molecule has 0 bridgehead atoms. The van der Waals surface area contributed by atoms with Gasteiger partial charge in [-0.3, -0.25) is 9.59 Å². The summed E-state index contributed by atoms with van der Waals surface area (Å²) < 4.78 is 17.7. The number of halogens is 6. The first kappa shape index (κ1) is 26.0. The summed E-state index contributed by atoms with van der Waals surface area (Å²) >= 11 is 28.1. The molecule has 12 heteroatoms. The highest BCUT2D eigenvalue weighted by Crippen LogP contribution is 2.65. The van der Waals surface area contributed by atoms with Gasteiger partial charge >= 0.3 is 0 Å². The molecule has 1 heterocycles. The van der Waals surface area contributed by atoms with Crippen molar-refractivity contribution in [3.8, 4) is 5.88 Å². The van der Waals surface area contributed by atoms with Gasteiger partial charge in [0.15, 0.2) is 0 Å². The highest BCUT2D eigenvalue weighted by Gasteiger charge is 2.67. The Morgan fingerprint density at radius 2 is 1.83 bits per heavy atom. The number of rotatable bonds is 6. The van der Waals surface area contributed by atoms with Crippen LogP contribution in [0.15, 0.2) is 53.1 Å². The molecule has 2 amide bonds. The topological polar surface area (TPSA) is 80.3 Å². The minimum Gasteiger partial charge on any atom is -0.481 e. The second kappa shape index (κ2) is 10.1. The number of hydrogen-bond donors (Lipinski definition) is 2. The highest BCUT2D eigenvalue weighted by atomic mass is 79.9. The van der Waals surface area contributed by atoms with E-state index in [4.69, 9.17) is 51.1 Å². The lowest BCUT2D eigenvalue weighted by Gasteiger charge is -2.12. The van der Waals surface area contributed by atoms with Gasteiger partial charge in [0.1, 0.15) is 10.2 Å². The summed E-state index contributed by atoms with van der Waals surface area (Å²) in [7, 11) is 1.45. The smallest absolute Gasteiger partial charge is 0.257 e. The Bertz CT molecular complexity index is 1340. The van der Waals surface area contributed by atoms with Gasteiger partial charge in [0.05, 0.1) is 38.8 Å². The molecule has 1 aliphatic carbocycles. The Morgan fingerprint density at radius 3 is 2.51 bits per heavy atom. The zero-order chi connectivity index (χ0) is 25.5. The maximum atomic E-state index is 13.5. The van der Waals surface area contributed by atoms with E-state index in [1.807, 2.05) is 0 Å². The van der Waals surface area contributed by atoms with Gasteiger partial charge in [0, 0.05) is 23.9 Å². The number of nitrogens with zero attached hydrogens (tertiary/aromatic N) is 1. The number of benzene rings is 2. The van der Waals surface area contributed by atoms with E-state index in [0.29, 0.717) is 27.3 Å². The van der Waals surface area contributed by atoms with Crippen molar-refractivity contribution in [1.82, 2.24) is 4.98 Å². The van der Waals surface area contributed by atoms with Crippen LogP contribution >= 0.6 is 62.3 Å². The van der Waals surface area contributed by atoms with Crippen molar-refractivity contribution in [3.63, 3.8) is 0 Å². The number of carbonyl (C=O) groups is 2. The maximum absolute atomic E-state index is 13.5. The molecular formula is C23H15BrCl4FN3O3. The molecule has 4 rings (SSSR count). The molecular weight excluding hydrogens is 607 g/mol. The summed E-state index contributed by atoms with van der Waals surface area (Å²) in [6.07, 6.45) is 1.48. The zero-order valence-electron chi connectivity index (χ0n) is 17.7. The average Bonchev–Trinajstić information content (AvgIpc) is 3.40. The van der Waals surface area contributed by atoms with Crippen molar-refractivity contribution in [1.29, 1.82) is 0 Å². The van der Waals surface area contributed by atoms with Crippen molar-refractivity contribution >= 4 is 85.5 Å². The molecule has 3 aromatic rings. The average molecular weight is 622 g/mol. The fourth-order valence-corrected chi connectivity index (χ4v) is 5.12. The molecule has 0 radical (unpaired) electrons. The summed E-state index contributed by atoms with van der Waals surface area (Å²) in [6, 6.07) is 10.1. The van der Waals surface area contributed by atoms with Gasteiger partial charge in [0.2, 0.25) is 11.8 Å². The Labute approximate surface area is 228 Å². The number of amides is 2. The van der Waals surface area contributed by atoms with Crippen molar-refractivity contribution in [2.45, 2.75) is 10.3 Å². The summed E-state index contributed by atoms with van der Waals surface area (Å²) in [6.45, 7) is 0. The number of hydrogen-bond acceptors (Lipinski definition) is 4. The van der Waals surface area contributed by atoms with Crippen LogP contribution < -0.4 is 15.4 Å². The van der Waals surface area contributed by atoms with Crippen LogP contribution in [0.25, 0.3) is 0 Å². The van der Waals surface area contributed by atoms with Crippen LogP contribution in [-0.4, -0.2) is 28.2 Å². The number of nitrogens with one attached hydrogen (secondary N) is 2. The fraction of sp³-hybridized carbons (Fsp3) is 0.174. The quantitative estimate of drug-likeness (QED) is 0.288. The van der Waals surface area contributed by atoms with E-state index in [1.54, 1.807) is 6.07 Å². The number of ether oxygens (including phenoxy) is 1. The highest BCUT2D eigenvalue weighted by molar-refractivity contribution is 9.10. The number of pyridine rings is 1. The lowest BCUT2D eigenvalue weighted by Crippen LogP contribution is -2.18. The third kappa shape index (κ3) is 5.37. The van der Waals surface area contributed by atoms with Crippen LogP contribution in [0.1, 0.15) is 21.8 Å². The molecule has 1 saturated carbocycles. The van der Waals surface area contributed by atoms with Crippen LogP contribution in [0.5, 0.6) is 5.88 Å². The van der Waals surface area contributed by atoms with Gasteiger partial charge in [-0.2, -0.15) is 0 Å². The van der Waals surface area contributed by atoms with Crippen LogP contribution in [0, 0.1) is 11.7 Å². The van der Waals surface area contributed by atoms with Gasteiger partial charge in [-0.15, -0.1) is 23.2 Å². The molecule has 0 aliphatic heterocycles. The van der Waals surface area contributed by atoms with E-state index < -0.39 is 33.8 Å². The van der Waals surface area contributed by atoms with Crippen molar-refractivity contribution < 1.29 is 18.7 Å². The molecule has 0 unspecified atom stereocenters. The Hall–Kier alpha value is -2.10. The first-order valence-electron chi connectivity index (χ1n) is 9.97. The van der Waals surface area contributed by atoms with E-state index in [9.17, 15) is 14.0 Å². The van der Waals surface area contributed by atoms with E-state index in [1.165, 1.54) is 49.7 Å². The summed E-state index contributed by atoms with van der Waals surface area (Å²) in [4.78, 5) is 29.9. The second-order valence-corrected chi connectivity index (χ2v) is 10.8. The van der Waals surface area contributed by atoms with Crippen LogP contribution in [0.3, 0.4) is 0 Å². The molecule has 1 aromatic heterocycles. The molecule has 1 aliphatic rings. The second-order valence-electron chi connectivity index (χ2n) is 7.65. The predicted octanol–water partition coefficient (Wildman–Crippen LogP) is 7.08. The minimum atomic E-state index is -1.40. The molecule has 2 N–H and O–H groups in total. The van der Waals surface area contributed by atoms with Crippen molar-refractivity contribution in [2.75, 3.05) is 17.7 Å². The molecule has 182 valence electrons. The van der Waals surface area contributed by atoms with Gasteiger partial charge in [0.25, 0.3) is 5.91 Å². The first-order chi connectivity index (χ1) is 16.5. The lowest BCUT2D eigenvalue weighted by atomic mass is 10.1. The Kier molecular flexibility index (Phi) is 7.50. The van der Waals surface area contributed by atoms with Crippen molar-refractivity contribution in [2.24, 2.45) is 5.92 Å².